The Hall–Kier alpha value is -0.970. The predicted molar refractivity (Wildman–Crippen MR) is 147 cm³/mol. The lowest BCUT2D eigenvalue weighted by Crippen LogP contribution is -2.67. The van der Waals surface area contributed by atoms with Crippen molar-refractivity contribution in [2.24, 2.45) is 17.4 Å². The average Bonchev–Trinajstić information content (AvgIpc) is 2.95. The summed E-state index contributed by atoms with van der Waals surface area (Å²) in [6.45, 7) is 1.32. The molecular formula is C26H50N4O13. The minimum atomic E-state index is -1.73. The highest BCUT2D eigenvalue weighted by Crippen LogP contribution is 2.36. The predicted octanol–water partition coefficient (Wildman–Crippen LogP) is -6.42. The van der Waals surface area contributed by atoms with Gasteiger partial charge in [-0.1, -0.05) is 0 Å². The molecule has 17 heteroatoms. The van der Waals surface area contributed by atoms with Crippen LogP contribution in [0.15, 0.2) is 0 Å². The Kier molecular flexibility index (Phi) is 13.6. The number of likely N-dealkylation sites (N-methyl/N-ethyl adjacent to an activating group) is 1. The number of carbonyl (C=O) groups excluding carboxylic acids is 1. The first-order valence-corrected chi connectivity index (χ1v) is 14.6. The van der Waals surface area contributed by atoms with Gasteiger partial charge in [0.1, 0.15) is 54.4 Å². The number of hydrogen-bond acceptors (Lipinski definition) is 17. The van der Waals surface area contributed by atoms with Crippen molar-refractivity contribution in [3.63, 3.8) is 0 Å². The van der Waals surface area contributed by atoms with Crippen LogP contribution < -0.4 is 22.1 Å². The molecule has 2 heterocycles. The molecule has 252 valence electrons. The van der Waals surface area contributed by atoms with Crippen LogP contribution in [0.5, 0.6) is 0 Å². The van der Waals surface area contributed by atoms with Crippen LogP contribution in [0.1, 0.15) is 26.2 Å². The van der Waals surface area contributed by atoms with Crippen molar-refractivity contribution in [3.05, 3.63) is 0 Å². The first-order valence-electron chi connectivity index (χ1n) is 14.6. The van der Waals surface area contributed by atoms with Crippen molar-refractivity contribution < 1.29 is 64.6 Å². The molecule has 0 amide bonds. The first-order chi connectivity index (χ1) is 20.3. The molecule has 3 rings (SSSR count). The van der Waals surface area contributed by atoms with Crippen LogP contribution in [0, 0.1) is 5.92 Å². The zero-order valence-corrected chi connectivity index (χ0v) is 24.5. The highest BCUT2D eigenvalue weighted by Gasteiger charge is 2.53. The van der Waals surface area contributed by atoms with Gasteiger partial charge in [-0.05, 0) is 39.3 Å². The minimum absolute atomic E-state index is 0.000989. The molecule has 0 bridgehead atoms. The van der Waals surface area contributed by atoms with Crippen molar-refractivity contribution in [2.45, 2.75) is 111 Å². The Morgan fingerprint density at radius 1 is 1.05 bits per heavy atom. The van der Waals surface area contributed by atoms with Crippen molar-refractivity contribution in [3.8, 4) is 0 Å². The molecular weight excluding hydrogens is 576 g/mol. The minimum Gasteiger partial charge on any atom is -0.395 e. The Bertz CT molecular complexity index is 875. The van der Waals surface area contributed by atoms with Crippen LogP contribution in [0.25, 0.3) is 0 Å². The SMILES string of the molecule is CN[C@@H]1[C@@H](O)[C@@H](O[C@H]2[C@H](CC(=O)[C@@H](O)CCN)C[C@H](N)C(O[C@H]3O[C@H](CNCCO)[C@@H](O)[C@H](O)[C@H]3O)[C@@H]2O)OC[C@]1(C)O. The highest BCUT2D eigenvalue weighted by atomic mass is 16.7. The molecule has 17 nitrogen and oxygen atoms in total. The van der Waals surface area contributed by atoms with E-state index < -0.39 is 96.9 Å². The number of ketones is 1. The van der Waals surface area contributed by atoms with E-state index in [0.29, 0.717) is 0 Å². The lowest BCUT2D eigenvalue weighted by atomic mass is 9.76. The van der Waals surface area contributed by atoms with E-state index in [1.54, 1.807) is 0 Å². The molecule has 1 aliphatic carbocycles. The van der Waals surface area contributed by atoms with E-state index in [1.807, 2.05) is 0 Å². The number of nitrogens with one attached hydrogen (secondary N) is 2. The normalized spacial score (nSPS) is 44.7. The molecule has 0 radical (unpaired) electrons. The van der Waals surface area contributed by atoms with Crippen molar-refractivity contribution >= 4 is 5.78 Å². The van der Waals surface area contributed by atoms with E-state index in [2.05, 4.69) is 10.6 Å². The Morgan fingerprint density at radius 3 is 2.35 bits per heavy atom. The number of Topliss-reactive ketones (excluding diaryl/α,β-unsaturated/α-hetero) is 1. The third-order valence-corrected chi connectivity index (χ3v) is 8.44. The average molecular weight is 627 g/mol. The van der Waals surface area contributed by atoms with Gasteiger partial charge in [0.05, 0.1) is 25.4 Å². The second-order valence-corrected chi connectivity index (χ2v) is 11.9. The van der Waals surface area contributed by atoms with Gasteiger partial charge in [-0.2, -0.15) is 0 Å². The molecule has 2 aliphatic heterocycles. The van der Waals surface area contributed by atoms with E-state index >= 15 is 0 Å². The van der Waals surface area contributed by atoms with E-state index in [-0.39, 0.29) is 52.1 Å². The number of aliphatic hydroxyl groups is 8. The maximum Gasteiger partial charge on any atom is 0.187 e. The maximum absolute atomic E-state index is 12.8. The zero-order valence-electron chi connectivity index (χ0n) is 24.5. The standard InChI is InChI=1S/C26H50N4O13/c1-26(39)10-40-24(20(38)23(26)29-2)42-21-11(8-14(33)13(32)3-4-27)7-12(28)22(19(21)37)43-25-18(36)17(35)16(34)15(41-25)9-30-5-6-31/h11-13,15-25,29-32,34-39H,3-10,27-28H2,1-2H3/t11-,12-,13-,15+,16+,17-,18+,19+,20+,21-,22?,23+,24+,25+,26-/m0/s1. The van der Waals surface area contributed by atoms with E-state index in [1.165, 1.54) is 14.0 Å². The molecule has 15 atom stereocenters. The second-order valence-electron chi connectivity index (χ2n) is 11.9. The number of hydrogen-bond donors (Lipinski definition) is 12. The maximum atomic E-state index is 12.8. The Labute approximate surface area is 250 Å². The summed E-state index contributed by atoms with van der Waals surface area (Å²) in [5.41, 5.74) is 10.4. The summed E-state index contributed by atoms with van der Waals surface area (Å²) in [6.07, 6.45) is -15.9. The molecule has 1 unspecified atom stereocenters. The molecule has 0 aromatic carbocycles. The molecule has 0 aromatic heterocycles. The number of ether oxygens (including phenoxy) is 4. The molecule has 1 saturated carbocycles. The van der Waals surface area contributed by atoms with Gasteiger partial charge in [0, 0.05) is 25.6 Å². The summed E-state index contributed by atoms with van der Waals surface area (Å²) < 4.78 is 23.3. The molecule has 43 heavy (non-hydrogen) atoms. The first kappa shape index (κ1) is 36.5. The summed E-state index contributed by atoms with van der Waals surface area (Å²) in [5.74, 6) is -1.33. The number of carbonyl (C=O) groups is 1. The van der Waals surface area contributed by atoms with Crippen molar-refractivity contribution in [1.29, 1.82) is 0 Å². The lowest BCUT2D eigenvalue weighted by Gasteiger charge is -2.49. The largest absolute Gasteiger partial charge is 0.395 e. The summed E-state index contributed by atoms with van der Waals surface area (Å²) in [4.78, 5) is 12.8. The van der Waals surface area contributed by atoms with Gasteiger partial charge in [0.25, 0.3) is 0 Å². The van der Waals surface area contributed by atoms with Gasteiger partial charge in [0.2, 0.25) is 0 Å². The highest BCUT2D eigenvalue weighted by molar-refractivity contribution is 5.83. The van der Waals surface area contributed by atoms with E-state index in [9.17, 15) is 40.5 Å². The van der Waals surface area contributed by atoms with Gasteiger partial charge in [-0.15, -0.1) is 0 Å². The third kappa shape index (κ3) is 8.64. The van der Waals surface area contributed by atoms with Crippen LogP contribution in [0.2, 0.25) is 0 Å². The number of rotatable bonds is 14. The van der Waals surface area contributed by atoms with E-state index in [0.717, 1.165) is 0 Å². The van der Waals surface area contributed by atoms with Gasteiger partial charge in [-0.25, -0.2) is 0 Å². The lowest BCUT2D eigenvalue weighted by molar-refractivity contribution is -0.333. The molecule has 14 N–H and O–H groups in total. The third-order valence-electron chi connectivity index (χ3n) is 8.44. The smallest absolute Gasteiger partial charge is 0.187 e. The van der Waals surface area contributed by atoms with Crippen LogP contribution in [-0.4, -0.2) is 172 Å². The molecule has 0 spiro atoms. The van der Waals surface area contributed by atoms with Crippen LogP contribution >= 0.6 is 0 Å². The van der Waals surface area contributed by atoms with Crippen molar-refractivity contribution in [1.82, 2.24) is 10.6 Å². The van der Waals surface area contributed by atoms with Gasteiger partial charge < -0.3 is 81.9 Å². The zero-order chi connectivity index (χ0) is 32.1. The van der Waals surface area contributed by atoms with Crippen molar-refractivity contribution in [2.75, 3.05) is 39.9 Å². The quantitative estimate of drug-likeness (QED) is 0.0798. The van der Waals surface area contributed by atoms with Crippen LogP contribution in [-0.2, 0) is 23.7 Å². The van der Waals surface area contributed by atoms with E-state index in [4.69, 9.17) is 35.5 Å². The fourth-order valence-corrected chi connectivity index (χ4v) is 6.02. The summed E-state index contributed by atoms with van der Waals surface area (Å²) in [6, 6.07) is -1.82. The molecule has 3 aliphatic rings. The monoisotopic (exact) mass is 626 g/mol. The molecule has 0 aromatic rings. The Balaban J connectivity index is 1.83. The summed E-state index contributed by atoms with van der Waals surface area (Å²) >= 11 is 0. The van der Waals surface area contributed by atoms with Gasteiger partial charge in [-0.3, -0.25) is 4.79 Å². The fraction of sp³-hybridized carbons (Fsp3) is 0.962. The molecule has 3 fully saturated rings. The van der Waals surface area contributed by atoms with Crippen LogP contribution in [0.3, 0.4) is 0 Å². The molecule has 2 saturated heterocycles. The van der Waals surface area contributed by atoms with Gasteiger partial charge in [0.15, 0.2) is 18.4 Å². The topological polar surface area (TPSA) is 292 Å². The fourth-order valence-electron chi connectivity index (χ4n) is 6.02. The number of nitrogens with two attached hydrogens (primary N) is 2. The summed E-state index contributed by atoms with van der Waals surface area (Å²) in [5, 5.41) is 89.3. The van der Waals surface area contributed by atoms with Gasteiger partial charge >= 0.3 is 0 Å². The Morgan fingerprint density at radius 2 is 1.72 bits per heavy atom. The second kappa shape index (κ2) is 16.0. The summed E-state index contributed by atoms with van der Waals surface area (Å²) in [7, 11) is 1.54. The number of aliphatic hydroxyl groups excluding tert-OH is 7. The van der Waals surface area contributed by atoms with Crippen LogP contribution in [0.4, 0.5) is 0 Å².